The van der Waals surface area contributed by atoms with E-state index in [4.69, 9.17) is 4.74 Å². The van der Waals surface area contributed by atoms with Crippen molar-refractivity contribution in [3.8, 4) is 0 Å². The van der Waals surface area contributed by atoms with Crippen LogP contribution in [0.25, 0.3) is 0 Å². The molecule has 2 N–H and O–H groups in total. The Kier molecular flexibility index (Phi) is 9.42. The number of guanidine groups is 1. The number of thioether (sulfide) groups is 1. The maximum Gasteiger partial charge on any atom is 0.191 e. The van der Waals surface area contributed by atoms with E-state index in [0.717, 1.165) is 56.8 Å². The lowest BCUT2D eigenvalue weighted by Crippen LogP contribution is -2.60. The molecule has 0 spiro atoms. The number of aryl methyl sites for hydroxylation is 1. The minimum absolute atomic E-state index is 0. The van der Waals surface area contributed by atoms with E-state index in [2.05, 4.69) is 44.2 Å². The van der Waals surface area contributed by atoms with Crippen LogP contribution in [0.4, 0.5) is 0 Å². The quantitative estimate of drug-likeness (QED) is 0.347. The summed E-state index contributed by atoms with van der Waals surface area (Å²) in [5.74, 6) is 3.28. The van der Waals surface area contributed by atoms with Crippen molar-refractivity contribution in [2.24, 2.45) is 4.99 Å². The lowest BCUT2D eigenvalue weighted by Gasteiger charge is -2.43. The minimum Gasteiger partial charge on any atom is -0.379 e. The van der Waals surface area contributed by atoms with Gasteiger partial charge in [0.25, 0.3) is 0 Å². The topological polar surface area (TPSA) is 61.8 Å². The molecule has 0 aliphatic carbocycles. The van der Waals surface area contributed by atoms with Gasteiger partial charge in [0.2, 0.25) is 0 Å². The van der Waals surface area contributed by atoms with Gasteiger partial charge in [-0.25, -0.2) is 4.98 Å². The molecule has 0 amide bonds. The van der Waals surface area contributed by atoms with Crippen molar-refractivity contribution < 1.29 is 4.74 Å². The Balaban J connectivity index is 0.00000243. The summed E-state index contributed by atoms with van der Waals surface area (Å²) in [5, 5.41) is 8.07. The molecule has 6 nitrogen and oxygen atoms in total. The van der Waals surface area contributed by atoms with Gasteiger partial charge in [0.1, 0.15) is 5.01 Å². The number of nitrogens with zero attached hydrogens (tertiary/aromatic N) is 3. The average molecular weight is 511 g/mol. The van der Waals surface area contributed by atoms with Crippen LogP contribution < -0.4 is 10.6 Å². The van der Waals surface area contributed by atoms with Crippen LogP contribution in [0.5, 0.6) is 0 Å². The summed E-state index contributed by atoms with van der Waals surface area (Å²) in [5.41, 5.74) is 0.225. The third-order valence-corrected chi connectivity index (χ3v) is 7.31. The van der Waals surface area contributed by atoms with Gasteiger partial charge in [0, 0.05) is 49.0 Å². The van der Waals surface area contributed by atoms with Crippen LogP contribution in [-0.4, -0.2) is 72.8 Å². The molecule has 26 heavy (non-hydrogen) atoms. The monoisotopic (exact) mass is 511 g/mol. The SMILES string of the molecule is CCc1cnc(CNC(=NC)NCC2(N3CCOCC3)CCSC2)s1.I. The number of hydrogen-bond donors (Lipinski definition) is 2. The zero-order valence-corrected chi connectivity index (χ0v) is 19.6. The molecule has 0 aromatic carbocycles. The standard InChI is InChI=1S/C17H29N5OS2.HI/c1-3-14-10-19-15(25-14)11-20-16(18-2)21-12-17(4-9-24-13-17)22-5-7-23-8-6-22;/h10H,3-9,11-13H2,1-2H3,(H2,18,20,21);1H. The van der Waals surface area contributed by atoms with Gasteiger partial charge in [0.15, 0.2) is 5.96 Å². The molecule has 9 heteroatoms. The lowest BCUT2D eigenvalue weighted by molar-refractivity contribution is -0.0120. The zero-order chi connectivity index (χ0) is 17.5. The number of rotatable bonds is 6. The minimum atomic E-state index is 0. The smallest absolute Gasteiger partial charge is 0.191 e. The molecular formula is C17H30IN5OS2. The van der Waals surface area contributed by atoms with Gasteiger partial charge in [-0.05, 0) is 18.6 Å². The molecule has 2 saturated heterocycles. The van der Waals surface area contributed by atoms with Crippen molar-refractivity contribution in [2.75, 3.05) is 51.4 Å². The first kappa shape index (κ1) is 22.2. The average Bonchev–Trinajstić information content (AvgIpc) is 3.33. The molecule has 2 aliphatic heterocycles. The Morgan fingerprint density at radius 3 is 2.81 bits per heavy atom. The molecule has 1 aromatic heterocycles. The van der Waals surface area contributed by atoms with E-state index >= 15 is 0 Å². The summed E-state index contributed by atoms with van der Waals surface area (Å²) in [6.45, 7) is 7.59. The van der Waals surface area contributed by atoms with Gasteiger partial charge in [-0.3, -0.25) is 9.89 Å². The first-order chi connectivity index (χ1) is 12.3. The first-order valence-corrected chi connectivity index (χ1v) is 11.0. The second kappa shape index (κ2) is 11.0. The van der Waals surface area contributed by atoms with E-state index in [-0.39, 0.29) is 29.5 Å². The van der Waals surface area contributed by atoms with Gasteiger partial charge in [-0.15, -0.1) is 35.3 Å². The fourth-order valence-corrected chi connectivity index (χ4v) is 5.64. The molecule has 3 heterocycles. The molecule has 1 unspecified atom stereocenters. The summed E-state index contributed by atoms with van der Waals surface area (Å²) >= 11 is 3.83. The number of morpholine rings is 1. The summed E-state index contributed by atoms with van der Waals surface area (Å²) in [7, 11) is 1.83. The van der Waals surface area contributed by atoms with E-state index in [9.17, 15) is 0 Å². The molecule has 3 rings (SSSR count). The third kappa shape index (κ3) is 5.70. The van der Waals surface area contributed by atoms with Crippen LogP contribution in [-0.2, 0) is 17.7 Å². The lowest BCUT2D eigenvalue weighted by atomic mass is 9.95. The Labute approximate surface area is 182 Å². The van der Waals surface area contributed by atoms with Crippen molar-refractivity contribution in [3.05, 3.63) is 16.1 Å². The van der Waals surface area contributed by atoms with Gasteiger partial charge in [-0.1, -0.05) is 6.92 Å². The van der Waals surface area contributed by atoms with Gasteiger partial charge in [0.05, 0.1) is 19.8 Å². The summed E-state index contributed by atoms with van der Waals surface area (Å²) in [6.07, 6.45) is 4.25. The highest BCUT2D eigenvalue weighted by molar-refractivity contribution is 14.0. The summed E-state index contributed by atoms with van der Waals surface area (Å²) in [6, 6.07) is 0. The number of thiazole rings is 1. The van der Waals surface area contributed by atoms with Crippen LogP contribution in [0.3, 0.4) is 0 Å². The van der Waals surface area contributed by atoms with E-state index in [1.165, 1.54) is 22.8 Å². The van der Waals surface area contributed by atoms with E-state index < -0.39 is 0 Å². The van der Waals surface area contributed by atoms with Gasteiger partial charge >= 0.3 is 0 Å². The maximum atomic E-state index is 5.54. The Hall–Kier alpha value is -0.100. The number of hydrogen-bond acceptors (Lipinski definition) is 6. The van der Waals surface area contributed by atoms with Crippen LogP contribution in [0.1, 0.15) is 23.2 Å². The number of aliphatic imine (C=N–C) groups is 1. The van der Waals surface area contributed by atoms with Gasteiger partial charge < -0.3 is 15.4 Å². The Morgan fingerprint density at radius 2 is 2.19 bits per heavy atom. The highest BCUT2D eigenvalue weighted by atomic mass is 127. The second-order valence-corrected chi connectivity index (χ2v) is 8.78. The Morgan fingerprint density at radius 1 is 1.38 bits per heavy atom. The van der Waals surface area contributed by atoms with Crippen molar-refractivity contribution in [1.82, 2.24) is 20.5 Å². The van der Waals surface area contributed by atoms with Crippen LogP contribution in [0, 0.1) is 0 Å². The largest absolute Gasteiger partial charge is 0.379 e. The molecule has 0 bridgehead atoms. The van der Waals surface area contributed by atoms with Crippen molar-refractivity contribution in [3.63, 3.8) is 0 Å². The molecule has 2 fully saturated rings. The third-order valence-electron chi connectivity index (χ3n) is 4.93. The Bertz CT molecular complexity index is 571. The maximum absolute atomic E-state index is 5.54. The highest BCUT2D eigenvalue weighted by Crippen LogP contribution is 2.33. The highest BCUT2D eigenvalue weighted by Gasteiger charge is 2.40. The molecule has 2 aliphatic rings. The zero-order valence-electron chi connectivity index (χ0n) is 15.6. The predicted molar refractivity (Wildman–Crippen MR) is 122 cm³/mol. The van der Waals surface area contributed by atoms with E-state index in [1.807, 2.05) is 13.2 Å². The van der Waals surface area contributed by atoms with Crippen LogP contribution >= 0.6 is 47.1 Å². The predicted octanol–water partition coefficient (Wildman–Crippen LogP) is 2.20. The molecule has 1 aromatic rings. The molecule has 1 atom stereocenters. The second-order valence-electron chi connectivity index (χ2n) is 6.48. The van der Waals surface area contributed by atoms with E-state index in [1.54, 1.807) is 11.3 Å². The molecule has 0 saturated carbocycles. The van der Waals surface area contributed by atoms with E-state index in [0.29, 0.717) is 0 Å². The number of nitrogens with one attached hydrogen (secondary N) is 2. The molecule has 0 radical (unpaired) electrons. The van der Waals surface area contributed by atoms with Crippen LogP contribution in [0.15, 0.2) is 11.2 Å². The fraction of sp³-hybridized carbons (Fsp3) is 0.765. The number of aromatic nitrogens is 1. The van der Waals surface area contributed by atoms with Crippen LogP contribution in [0.2, 0.25) is 0 Å². The number of halogens is 1. The van der Waals surface area contributed by atoms with Crippen molar-refractivity contribution >= 4 is 53.0 Å². The first-order valence-electron chi connectivity index (χ1n) is 9.04. The van der Waals surface area contributed by atoms with Crippen molar-refractivity contribution in [1.29, 1.82) is 0 Å². The summed E-state index contributed by atoms with van der Waals surface area (Å²) in [4.78, 5) is 12.8. The number of ether oxygens (including phenoxy) is 1. The summed E-state index contributed by atoms with van der Waals surface area (Å²) < 4.78 is 5.54. The molecule has 148 valence electrons. The van der Waals surface area contributed by atoms with Crippen molar-refractivity contribution in [2.45, 2.75) is 31.8 Å². The molecular weight excluding hydrogens is 481 g/mol. The fourth-order valence-electron chi connectivity index (χ4n) is 3.36. The van der Waals surface area contributed by atoms with Gasteiger partial charge in [-0.2, -0.15) is 11.8 Å². The normalized spacial score (nSPS) is 24.3.